The number of hydrogen-bond acceptors (Lipinski definition) is 5. The number of nitrogens with zero attached hydrogens (tertiary/aromatic N) is 3. The Balaban J connectivity index is 1.57. The maximum Gasteiger partial charge on any atom is 0.262 e. The molecular weight excluding hydrogens is 330 g/mol. The van der Waals surface area contributed by atoms with Crippen LogP contribution in [-0.2, 0) is 4.79 Å². The largest absolute Gasteiger partial charge is 0.467 e. The molecular formula is C20H19N3O3. The second-order valence-corrected chi connectivity index (χ2v) is 6.19. The Labute approximate surface area is 151 Å². The lowest BCUT2D eigenvalue weighted by atomic mass is 10.1. The molecule has 0 saturated carbocycles. The predicted octanol–water partition coefficient (Wildman–Crippen LogP) is 3.69. The number of benzene rings is 1. The van der Waals surface area contributed by atoms with E-state index in [1.165, 1.54) is 5.01 Å². The topological polar surface area (TPSA) is 62.2 Å². The van der Waals surface area contributed by atoms with Crippen molar-refractivity contribution in [1.29, 1.82) is 0 Å². The summed E-state index contributed by atoms with van der Waals surface area (Å²) in [6.07, 6.45) is 3.77. The third-order valence-electron chi connectivity index (χ3n) is 4.41. The first kappa shape index (κ1) is 16.2. The number of hydrogen-bond donors (Lipinski definition) is 0. The van der Waals surface area contributed by atoms with Gasteiger partial charge in [-0.2, -0.15) is 5.10 Å². The van der Waals surface area contributed by atoms with E-state index in [1.54, 1.807) is 12.5 Å². The number of para-hydroxylation sites is 1. The van der Waals surface area contributed by atoms with Crippen LogP contribution in [0, 0.1) is 0 Å². The molecule has 0 fully saturated rings. The first-order valence-corrected chi connectivity index (χ1v) is 8.45. The molecule has 1 aliphatic rings. The summed E-state index contributed by atoms with van der Waals surface area (Å²) in [5.41, 5.74) is 1.72. The number of furan rings is 2. The van der Waals surface area contributed by atoms with Crippen LogP contribution in [0.1, 0.15) is 24.0 Å². The second-order valence-electron chi connectivity index (χ2n) is 6.19. The van der Waals surface area contributed by atoms with Gasteiger partial charge in [-0.05, 0) is 36.4 Å². The maximum atomic E-state index is 13.0. The molecule has 1 atom stereocenters. The molecule has 0 aliphatic carbocycles. The van der Waals surface area contributed by atoms with Crippen molar-refractivity contribution in [1.82, 2.24) is 5.01 Å². The van der Waals surface area contributed by atoms with E-state index in [9.17, 15) is 4.79 Å². The third-order valence-corrected chi connectivity index (χ3v) is 4.41. The Morgan fingerprint density at radius 3 is 2.58 bits per heavy atom. The van der Waals surface area contributed by atoms with Crippen LogP contribution < -0.4 is 4.90 Å². The highest BCUT2D eigenvalue weighted by Gasteiger charge is 2.35. The monoisotopic (exact) mass is 349 g/mol. The number of rotatable bonds is 5. The average Bonchev–Trinajstić information content (AvgIpc) is 3.42. The van der Waals surface area contributed by atoms with Crippen molar-refractivity contribution in [2.75, 3.05) is 18.5 Å². The molecule has 4 rings (SSSR count). The summed E-state index contributed by atoms with van der Waals surface area (Å²) in [4.78, 5) is 14.9. The van der Waals surface area contributed by atoms with Gasteiger partial charge >= 0.3 is 0 Å². The SMILES string of the molecule is CN(CC(=O)N1N=C(c2ccco2)CC1c1ccco1)c1ccccc1. The Bertz CT molecular complexity index is 886. The fourth-order valence-corrected chi connectivity index (χ4v) is 3.08. The number of amides is 1. The molecule has 3 heterocycles. The Morgan fingerprint density at radius 1 is 1.12 bits per heavy atom. The fraction of sp³-hybridized carbons (Fsp3) is 0.200. The fourth-order valence-electron chi connectivity index (χ4n) is 3.08. The van der Waals surface area contributed by atoms with Gasteiger partial charge in [0, 0.05) is 19.2 Å². The van der Waals surface area contributed by atoms with E-state index in [0.717, 1.165) is 11.4 Å². The van der Waals surface area contributed by atoms with Crippen molar-refractivity contribution >= 4 is 17.3 Å². The predicted molar refractivity (Wildman–Crippen MR) is 97.9 cm³/mol. The first-order chi connectivity index (χ1) is 12.7. The molecule has 1 aromatic carbocycles. The van der Waals surface area contributed by atoms with Gasteiger partial charge in [-0.1, -0.05) is 18.2 Å². The van der Waals surface area contributed by atoms with Crippen molar-refractivity contribution in [2.24, 2.45) is 5.10 Å². The molecule has 0 saturated heterocycles. The molecule has 0 bridgehead atoms. The molecule has 3 aromatic rings. The van der Waals surface area contributed by atoms with Crippen molar-refractivity contribution in [2.45, 2.75) is 12.5 Å². The molecule has 2 aromatic heterocycles. The number of anilines is 1. The molecule has 1 aliphatic heterocycles. The van der Waals surface area contributed by atoms with Crippen LogP contribution in [0.25, 0.3) is 0 Å². The number of carbonyl (C=O) groups is 1. The van der Waals surface area contributed by atoms with Gasteiger partial charge in [0.05, 0.1) is 19.1 Å². The van der Waals surface area contributed by atoms with Crippen LogP contribution >= 0.6 is 0 Å². The quantitative estimate of drug-likeness (QED) is 0.705. The van der Waals surface area contributed by atoms with Crippen molar-refractivity contribution in [3.63, 3.8) is 0 Å². The average molecular weight is 349 g/mol. The summed E-state index contributed by atoms with van der Waals surface area (Å²) in [7, 11) is 1.89. The number of hydrazone groups is 1. The summed E-state index contributed by atoms with van der Waals surface area (Å²) >= 11 is 0. The number of carbonyl (C=O) groups excluding carboxylic acids is 1. The number of likely N-dealkylation sites (N-methyl/N-ethyl adjacent to an activating group) is 1. The lowest BCUT2D eigenvalue weighted by Gasteiger charge is -2.24. The standard InChI is InChI=1S/C20H19N3O3/c1-22(15-7-3-2-4-8-15)14-20(24)23-17(19-10-6-12-26-19)13-16(21-23)18-9-5-11-25-18/h2-12,17H,13-14H2,1H3. The van der Waals surface area contributed by atoms with E-state index in [-0.39, 0.29) is 18.5 Å². The van der Waals surface area contributed by atoms with E-state index in [4.69, 9.17) is 8.83 Å². The van der Waals surface area contributed by atoms with Gasteiger partial charge in [-0.3, -0.25) is 4.79 Å². The van der Waals surface area contributed by atoms with Crippen LogP contribution in [0.2, 0.25) is 0 Å². The first-order valence-electron chi connectivity index (χ1n) is 8.45. The Kier molecular flexibility index (Phi) is 4.31. The van der Waals surface area contributed by atoms with Gasteiger partial charge < -0.3 is 13.7 Å². The van der Waals surface area contributed by atoms with Crippen LogP contribution in [0.4, 0.5) is 5.69 Å². The molecule has 0 spiro atoms. The lowest BCUT2D eigenvalue weighted by Crippen LogP contribution is -2.36. The lowest BCUT2D eigenvalue weighted by molar-refractivity contribution is -0.131. The molecule has 6 nitrogen and oxygen atoms in total. The normalized spacial score (nSPS) is 16.6. The van der Waals surface area contributed by atoms with Gasteiger partial charge in [0.25, 0.3) is 5.91 Å². The zero-order chi connectivity index (χ0) is 17.9. The Morgan fingerprint density at radius 2 is 1.88 bits per heavy atom. The zero-order valence-electron chi connectivity index (χ0n) is 14.4. The highest BCUT2D eigenvalue weighted by atomic mass is 16.3. The van der Waals surface area contributed by atoms with Crippen LogP contribution in [0.15, 0.2) is 81.1 Å². The van der Waals surface area contributed by atoms with Gasteiger partial charge in [0.1, 0.15) is 23.3 Å². The molecule has 1 unspecified atom stereocenters. The van der Waals surface area contributed by atoms with Crippen molar-refractivity contribution < 1.29 is 13.6 Å². The molecule has 0 radical (unpaired) electrons. The maximum absolute atomic E-state index is 13.0. The molecule has 1 amide bonds. The van der Waals surface area contributed by atoms with E-state index >= 15 is 0 Å². The van der Waals surface area contributed by atoms with E-state index in [2.05, 4.69) is 5.10 Å². The Hall–Kier alpha value is -3.28. The smallest absolute Gasteiger partial charge is 0.262 e. The highest BCUT2D eigenvalue weighted by molar-refractivity contribution is 6.01. The zero-order valence-corrected chi connectivity index (χ0v) is 14.4. The van der Waals surface area contributed by atoms with E-state index < -0.39 is 0 Å². The van der Waals surface area contributed by atoms with E-state index in [1.807, 2.05) is 66.5 Å². The van der Waals surface area contributed by atoms with Crippen LogP contribution in [-0.4, -0.2) is 30.2 Å². The molecule has 26 heavy (non-hydrogen) atoms. The molecule has 0 N–H and O–H groups in total. The van der Waals surface area contributed by atoms with Gasteiger partial charge in [0.15, 0.2) is 0 Å². The summed E-state index contributed by atoms with van der Waals surface area (Å²) in [6, 6.07) is 16.9. The van der Waals surface area contributed by atoms with Gasteiger partial charge in [-0.25, -0.2) is 5.01 Å². The van der Waals surface area contributed by atoms with Gasteiger partial charge in [-0.15, -0.1) is 0 Å². The molecule has 132 valence electrons. The van der Waals surface area contributed by atoms with Crippen LogP contribution in [0.3, 0.4) is 0 Å². The highest BCUT2D eigenvalue weighted by Crippen LogP contribution is 2.33. The minimum absolute atomic E-state index is 0.0979. The summed E-state index contributed by atoms with van der Waals surface area (Å²) in [5, 5.41) is 6.04. The van der Waals surface area contributed by atoms with Crippen molar-refractivity contribution in [3.8, 4) is 0 Å². The summed E-state index contributed by atoms with van der Waals surface area (Å²) < 4.78 is 11.0. The summed E-state index contributed by atoms with van der Waals surface area (Å²) in [5.74, 6) is 1.29. The third kappa shape index (κ3) is 3.13. The summed E-state index contributed by atoms with van der Waals surface area (Å²) in [6.45, 7) is 0.218. The minimum Gasteiger partial charge on any atom is -0.467 e. The van der Waals surface area contributed by atoms with E-state index in [0.29, 0.717) is 17.9 Å². The second kappa shape index (κ2) is 6.92. The minimum atomic E-state index is -0.262. The van der Waals surface area contributed by atoms with Gasteiger partial charge in [0.2, 0.25) is 0 Å². The van der Waals surface area contributed by atoms with Crippen molar-refractivity contribution in [3.05, 3.63) is 78.6 Å². The van der Waals surface area contributed by atoms with Crippen LogP contribution in [0.5, 0.6) is 0 Å². The molecule has 6 heteroatoms.